The van der Waals surface area contributed by atoms with Gasteiger partial charge in [-0.1, -0.05) is 18.2 Å². The molecule has 0 radical (unpaired) electrons. The third-order valence-electron chi connectivity index (χ3n) is 2.27. The lowest BCUT2D eigenvalue weighted by atomic mass is 9.96. The summed E-state index contributed by atoms with van der Waals surface area (Å²) in [5, 5.41) is 8.31. The molecule has 0 aliphatic rings. The third kappa shape index (κ3) is 3.47. The van der Waals surface area contributed by atoms with Crippen LogP contribution in [0.3, 0.4) is 0 Å². The summed E-state index contributed by atoms with van der Waals surface area (Å²) in [5.41, 5.74) is 0.804. The fraction of sp³-hybridized carbons (Fsp3) is 0.250. The van der Waals surface area contributed by atoms with Gasteiger partial charge in [0, 0.05) is 0 Å². The van der Waals surface area contributed by atoms with Crippen molar-refractivity contribution >= 4 is 5.97 Å². The average Bonchev–Trinajstić information content (AvgIpc) is 2.30. The second kappa shape index (κ2) is 6.02. The molecule has 16 heavy (non-hydrogen) atoms. The summed E-state index contributed by atoms with van der Waals surface area (Å²) >= 11 is 0. The van der Waals surface area contributed by atoms with E-state index in [1.54, 1.807) is 18.2 Å². The van der Waals surface area contributed by atoms with Gasteiger partial charge >= 0.3 is 5.97 Å². The van der Waals surface area contributed by atoms with E-state index in [1.165, 1.54) is 12.1 Å². The van der Waals surface area contributed by atoms with Crippen LogP contribution in [0.25, 0.3) is 0 Å². The van der Waals surface area contributed by atoms with Crippen LogP contribution in [-0.2, 0) is 16.1 Å². The molecule has 4 heteroatoms. The molecule has 0 aliphatic carbocycles. The van der Waals surface area contributed by atoms with Gasteiger partial charge in [-0.2, -0.15) is 5.26 Å². The lowest BCUT2D eigenvalue weighted by molar-refractivity contribution is -0.238. The van der Waals surface area contributed by atoms with E-state index in [0.29, 0.717) is 12.8 Å². The average molecular weight is 224 g/mol. The summed E-state index contributed by atoms with van der Waals surface area (Å²) in [4.78, 5) is 14.9. The summed E-state index contributed by atoms with van der Waals surface area (Å²) in [6, 6.07) is 5.83. The van der Waals surface area contributed by atoms with Crippen molar-refractivity contribution < 1.29 is 19.3 Å². The SMILES string of the molecule is C=CC[C@@H](Cc1ccc(F)cc1)C(=O)OO. The molecule has 0 saturated heterocycles. The number of allylic oxidation sites excluding steroid dienone is 1. The highest BCUT2D eigenvalue weighted by Crippen LogP contribution is 2.15. The van der Waals surface area contributed by atoms with Crippen LogP contribution in [0.1, 0.15) is 12.0 Å². The number of benzene rings is 1. The Bertz CT molecular complexity index is 359. The minimum Gasteiger partial charge on any atom is -0.301 e. The van der Waals surface area contributed by atoms with Crippen LogP contribution in [0, 0.1) is 11.7 Å². The highest BCUT2D eigenvalue weighted by molar-refractivity contribution is 5.72. The number of hydrogen-bond acceptors (Lipinski definition) is 3. The van der Waals surface area contributed by atoms with E-state index in [2.05, 4.69) is 11.5 Å². The first-order valence-corrected chi connectivity index (χ1v) is 4.88. The normalized spacial score (nSPS) is 11.9. The number of hydrogen-bond donors (Lipinski definition) is 1. The van der Waals surface area contributed by atoms with Gasteiger partial charge in [0.1, 0.15) is 5.82 Å². The van der Waals surface area contributed by atoms with Crippen molar-refractivity contribution in [2.24, 2.45) is 5.92 Å². The highest BCUT2D eigenvalue weighted by atomic mass is 19.1. The maximum Gasteiger partial charge on any atom is 0.345 e. The molecule has 0 heterocycles. The summed E-state index contributed by atoms with van der Waals surface area (Å²) in [7, 11) is 0. The van der Waals surface area contributed by atoms with Crippen LogP contribution in [0.15, 0.2) is 36.9 Å². The summed E-state index contributed by atoms with van der Waals surface area (Å²) in [5.74, 6) is -1.52. The van der Waals surface area contributed by atoms with Crippen LogP contribution in [0.4, 0.5) is 4.39 Å². The first-order chi connectivity index (χ1) is 7.67. The predicted molar refractivity (Wildman–Crippen MR) is 57.1 cm³/mol. The predicted octanol–water partition coefficient (Wildman–Crippen LogP) is 2.58. The molecule has 0 amide bonds. The van der Waals surface area contributed by atoms with Gasteiger partial charge in [-0.15, -0.1) is 6.58 Å². The van der Waals surface area contributed by atoms with Gasteiger partial charge in [0.2, 0.25) is 0 Å². The van der Waals surface area contributed by atoms with Crippen LogP contribution >= 0.6 is 0 Å². The molecule has 0 saturated carbocycles. The second-order valence-corrected chi connectivity index (χ2v) is 3.46. The maximum atomic E-state index is 12.6. The van der Waals surface area contributed by atoms with E-state index in [9.17, 15) is 9.18 Å². The third-order valence-corrected chi connectivity index (χ3v) is 2.27. The molecular weight excluding hydrogens is 211 g/mol. The molecule has 0 fully saturated rings. The molecule has 1 rings (SSSR count). The molecule has 1 aromatic rings. The van der Waals surface area contributed by atoms with Gasteiger partial charge in [0.15, 0.2) is 0 Å². The van der Waals surface area contributed by atoms with E-state index in [0.717, 1.165) is 5.56 Å². The number of carbonyl (C=O) groups is 1. The van der Waals surface area contributed by atoms with Crippen LogP contribution < -0.4 is 0 Å². The molecule has 1 aromatic carbocycles. The Kier molecular flexibility index (Phi) is 4.66. The standard InChI is InChI=1S/C12H13FO3/c1-2-3-10(12(14)16-15)8-9-4-6-11(13)7-5-9/h2,4-7,10,15H,1,3,8H2/t10-/m0/s1. The Morgan fingerprint density at radius 3 is 2.62 bits per heavy atom. The minimum absolute atomic E-state index is 0.325. The maximum absolute atomic E-state index is 12.6. The Labute approximate surface area is 93.1 Å². The molecule has 1 N–H and O–H groups in total. The molecular formula is C12H13FO3. The number of halogens is 1. The number of rotatable bonds is 5. The van der Waals surface area contributed by atoms with Crippen LogP contribution in [0.2, 0.25) is 0 Å². The molecule has 0 aromatic heterocycles. The zero-order valence-electron chi connectivity index (χ0n) is 8.73. The van der Waals surface area contributed by atoms with Gasteiger partial charge in [0.25, 0.3) is 0 Å². The minimum atomic E-state index is -0.704. The zero-order chi connectivity index (χ0) is 12.0. The van der Waals surface area contributed by atoms with E-state index < -0.39 is 11.9 Å². The Hall–Kier alpha value is -1.68. The lowest BCUT2D eigenvalue weighted by Gasteiger charge is -2.10. The van der Waals surface area contributed by atoms with Crippen molar-refractivity contribution in [1.29, 1.82) is 0 Å². The van der Waals surface area contributed by atoms with Crippen molar-refractivity contribution in [3.8, 4) is 0 Å². The first kappa shape index (κ1) is 12.4. The van der Waals surface area contributed by atoms with Crippen molar-refractivity contribution in [3.63, 3.8) is 0 Å². The molecule has 1 atom stereocenters. The molecule has 3 nitrogen and oxygen atoms in total. The van der Waals surface area contributed by atoms with Gasteiger partial charge < -0.3 is 4.89 Å². The van der Waals surface area contributed by atoms with E-state index >= 15 is 0 Å². The quantitative estimate of drug-likeness (QED) is 0.475. The number of carbonyl (C=O) groups excluding carboxylic acids is 1. The van der Waals surface area contributed by atoms with Crippen molar-refractivity contribution in [3.05, 3.63) is 48.3 Å². The Balaban J connectivity index is 2.71. The molecule has 0 spiro atoms. The van der Waals surface area contributed by atoms with Crippen LogP contribution in [0.5, 0.6) is 0 Å². The van der Waals surface area contributed by atoms with E-state index in [1.807, 2.05) is 0 Å². The Morgan fingerprint density at radius 1 is 1.50 bits per heavy atom. The smallest absolute Gasteiger partial charge is 0.301 e. The van der Waals surface area contributed by atoms with Gasteiger partial charge in [0.05, 0.1) is 5.92 Å². The summed E-state index contributed by atoms with van der Waals surface area (Å²) in [6.45, 7) is 3.52. The van der Waals surface area contributed by atoms with Crippen molar-refractivity contribution in [2.45, 2.75) is 12.8 Å². The largest absolute Gasteiger partial charge is 0.345 e. The van der Waals surface area contributed by atoms with E-state index in [-0.39, 0.29) is 5.82 Å². The van der Waals surface area contributed by atoms with E-state index in [4.69, 9.17) is 5.26 Å². The zero-order valence-corrected chi connectivity index (χ0v) is 8.73. The second-order valence-electron chi connectivity index (χ2n) is 3.46. The molecule has 0 bridgehead atoms. The fourth-order valence-corrected chi connectivity index (χ4v) is 1.44. The van der Waals surface area contributed by atoms with Crippen molar-refractivity contribution in [1.82, 2.24) is 0 Å². The summed E-state index contributed by atoms with van der Waals surface area (Å²) < 4.78 is 12.6. The molecule has 0 aliphatic heterocycles. The van der Waals surface area contributed by atoms with Gasteiger partial charge in [-0.3, -0.25) is 0 Å². The van der Waals surface area contributed by atoms with Gasteiger partial charge in [-0.05, 0) is 30.5 Å². The summed E-state index contributed by atoms with van der Waals surface area (Å²) in [6.07, 6.45) is 2.35. The Morgan fingerprint density at radius 2 is 2.12 bits per heavy atom. The van der Waals surface area contributed by atoms with Gasteiger partial charge in [-0.25, -0.2) is 9.18 Å². The monoisotopic (exact) mass is 224 g/mol. The van der Waals surface area contributed by atoms with Crippen molar-refractivity contribution in [2.75, 3.05) is 0 Å². The fourth-order valence-electron chi connectivity index (χ4n) is 1.44. The molecule has 86 valence electrons. The highest BCUT2D eigenvalue weighted by Gasteiger charge is 2.19. The first-order valence-electron chi connectivity index (χ1n) is 4.88. The molecule has 0 unspecified atom stereocenters. The lowest BCUT2D eigenvalue weighted by Crippen LogP contribution is -2.18. The van der Waals surface area contributed by atoms with Crippen LogP contribution in [-0.4, -0.2) is 11.2 Å². The topological polar surface area (TPSA) is 46.5 Å².